The summed E-state index contributed by atoms with van der Waals surface area (Å²) < 4.78 is 10.8. The second-order valence-electron chi connectivity index (χ2n) is 8.16. The number of piperidine rings is 1. The zero-order valence-corrected chi connectivity index (χ0v) is 17.4. The average molecular weight is 396 g/mol. The van der Waals surface area contributed by atoms with Gasteiger partial charge in [0.2, 0.25) is 5.91 Å². The number of quaternary nitrogens is 1. The highest BCUT2D eigenvalue weighted by molar-refractivity contribution is 5.79. The van der Waals surface area contributed by atoms with Crippen molar-refractivity contribution in [3.05, 3.63) is 59.2 Å². The third kappa shape index (κ3) is 4.40. The number of carbonyl (C=O) groups excluding carboxylic acids is 1. The summed E-state index contributed by atoms with van der Waals surface area (Å²) in [5, 5.41) is 0. The van der Waals surface area contributed by atoms with Crippen LogP contribution in [0.3, 0.4) is 0 Å². The van der Waals surface area contributed by atoms with Crippen LogP contribution in [0, 0.1) is 5.92 Å². The molecule has 2 aromatic carbocycles. The molecule has 0 aliphatic carbocycles. The fourth-order valence-corrected chi connectivity index (χ4v) is 4.66. The first-order valence-electron chi connectivity index (χ1n) is 10.6. The molecule has 0 saturated carbocycles. The summed E-state index contributed by atoms with van der Waals surface area (Å²) in [4.78, 5) is 16.7. The van der Waals surface area contributed by atoms with Crippen molar-refractivity contribution in [3.8, 4) is 11.5 Å². The number of hydrogen-bond donors (Lipinski definition) is 1. The van der Waals surface area contributed by atoms with Crippen LogP contribution in [0.2, 0.25) is 0 Å². The molecule has 0 spiro atoms. The van der Waals surface area contributed by atoms with Crippen molar-refractivity contribution in [2.24, 2.45) is 5.92 Å². The number of nitrogens with one attached hydrogen (secondary N) is 1. The smallest absolute Gasteiger partial charge is 0.226 e. The molecule has 0 atom stereocenters. The van der Waals surface area contributed by atoms with E-state index in [0.717, 1.165) is 63.5 Å². The molecule has 154 valence electrons. The monoisotopic (exact) mass is 395 g/mol. The Hall–Kier alpha value is -2.53. The van der Waals surface area contributed by atoms with Crippen molar-refractivity contribution in [1.29, 1.82) is 0 Å². The standard InChI is InChI=1S/C24H30N2O3/c1-28-22-8-7-21(23(15-22)29-2)16-25-12-9-19(10-13-25)24(27)26-14-11-18-5-3-4-6-20(18)17-26/h3-8,15,19H,9-14,16-17H2,1-2H3/p+1. The van der Waals surface area contributed by atoms with Crippen molar-refractivity contribution < 1.29 is 19.2 Å². The van der Waals surface area contributed by atoms with E-state index in [0.29, 0.717) is 5.91 Å². The van der Waals surface area contributed by atoms with Gasteiger partial charge < -0.3 is 19.3 Å². The van der Waals surface area contributed by atoms with Crippen LogP contribution >= 0.6 is 0 Å². The molecule has 0 bridgehead atoms. The highest BCUT2D eigenvalue weighted by Gasteiger charge is 2.32. The maximum absolute atomic E-state index is 13.1. The summed E-state index contributed by atoms with van der Waals surface area (Å²) in [5.74, 6) is 2.21. The predicted octanol–water partition coefficient (Wildman–Crippen LogP) is 2.08. The number of carbonyl (C=O) groups is 1. The Bertz CT molecular complexity index is 859. The van der Waals surface area contributed by atoms with Crippen molar-refractivity contribution in [2.45, 2.75) is 32.4 Å². The molecular weight excluding hydrogens is 364 g/mol. The van der Waals surface area contributed by atoms with E-state index < -0.39 is 0 Å². The minimum atomic E-state index is 0.168. The summed E-state index contributed by atoms with van der Waals surface area (Å²) in [7, 11) is 3.37. The second-order valence-corrected chi connectivity index (χ2v) is 8.16. The summed E-state index contributed by atoms with van der Waals surface area (Å²) in [6.07, 6.45) is 2.90. The lowest BCUT2D eigenvalue weighted by Gasteiger charge is -2.35. The number of hydrogen-bond acceptors (Lipinski definition) is 3. The molecule has 2 aliphatic rings. The summed E-state index contributed by atoms with van der Waals surface area (Å²) in [6.45, 7) is 4.59. The van der Waals surface area contributed by atoms with Crippen LogP contribution in [-0.2, 0) is 24.3 Å². The molecule has 0 radical (unpaired) electrons. The van der Waals surface area contributed by atoms with Gasteiger partial charge in [-0.1, -0.05) is 24.3 Å². The lowest BCUT2D eigenvalue weighted by atomic mass is 9.93. The molecule has 2 aliphatic heterocycles. The minimum absolute atomic E-state index is 0.168. The maximum Gasteiger partial charge on any atom is 0.226 e. The summed E-state index contributed by atoms with van der Waals surface area (Å²) >= 11 is 0. The predicted molar refractivity (Wildman–Crippen MR) is 112 cm³/mol. The molecule has 2 heterocycles. The Labute approximate surface area is 173 Å². The van der Waals surface area contributed by atoms with Crippen LogP contribution in [0.25, 0.3) is 0 Å². The molecule has 5 nitrogen and oxygen atoms in total. The summed E-state index contributed by atoms with van der Waals surface area (Å²) in [6, 6.07) is 14.5. The Morgan fingerprint density at radius 3 is 2.55 bits per heavy atom. The Morgan fingerprint density at radius 1 is 1.07 bits per heavy atom. The van der Waals surface area contributed by atoms with Gasteiger partial charge in [0.15, 0.2) is 0 Å². The number of ether oxygens (including phenoxy) is 2. The molecule has 0 aromatic heterocycles. The number of amides is 1. The lowest BCUT2D eigenvalue weighted by Crippen LogP contribution is -3.11. The van der Waals surface area contributed by atoms with Crippen molar-refractivity contribution in [3.63, 3.8) is 0 Å². The van der Waals surface area contributed by atoms with E-state index in [1.807, 2.05) is 12.1 Å². The van der Waals surface area contributed by atoms with Crippen molar-refractivity contribution >= 4 is 5.91 Å². The quantitative estimate of drug-likeness (QED) is 0.843. The van der Waals surface area contributed by atoms with Gasteiger partial charge in [0.05, 0.1) is 27.3 Å². The zero-order valence-electron chi connectivity index (χ0n) is 17.4. The van der Waals surface area contributed by atoms with E-state index in [1.165, 1.54) is 21.6 Å². The molecule has 1 saturated heterocycles. The highest BCUT2D eigenvalue weighted by atomic mass is 16.5. The van der Waals surface area contributed by atoms with Gasteiger partial charge in [-0.05, 0) is 29.7 Å². The number of rotatable bonds is 5. The van der Waals surface area contributed by atoms with E-state index in [1.54, 1.807) is 14.2 Å². The Balaban J connectivity index is 1.32. The van der Waals surface area contributed by atoms with E-state index in [2.05, 4.69) is 35.2 Å². The normalized spacial score (nSPS) is 21.4. The SMILES string of the molecule is COc1ccc(C[NH+]2CCC(C(=O)N3CCc4ccccc4C3)CC2)c(OC)c1. The minimum Gasteiger partial charge on any atom is -0.497 e. The molecule has 2 aromatic rings. The molecular formula is C24H31N2O3+. The van der Waals surface area contributed by atoms with Gasteiger partial charge >= 0.3 is 0 Å². The van der Waals surface area contributed by atoms with Crippen LogP contribution < -0.4 is 14.4 Å². The molecule has 1 N–H and O–H groups in total. The molecule has 0 unspecified atom stereocenters. The molecule has 1 amide bonds. The van der Waals surface area contributed by atoms with Crippen LogP contribution in [0.5, 0.6) is 11.5 Å². The first kappa shape index (κ1) is 19.8. The average Bonchev–Trinajstić information content (AvgIpc) is 2.79. The lowest BCUT2D eigenvalue weighted by molar-refractivity contribution is -0.919. The fraction of sp³-hybridized carbons (Fsp3) is 0.458. The van der Waals surface area contributed by atoms with Gasteiger partial charge in [-0.3, -0.25) is 4.79 Å². The topological polar surface area (TPSA) is 43.2 Å². The number of nitrogens with zero attached hydrogens (tertiary/aromatic N) is 1. The van der Waals surface area contributed by atoms with Crippen LogP contribution in [0.4, 0.5) is 0 Å². The summed E-state index contributed by atoms with van der Waals surface area (Å²) in [5.41, 5.74) is 3.90. The van der Waals surface area contributed by atoms with E-state index in [9.17, 15) is 4.79 Å². The first-order valence-corrected chi connectivity index (χ1v) is 10.6. The zero-order chi connectivity index (χ0) is 20.2. The maximum atomic E-state index is 13.1. The number of methoxy groups -OCH3 is 2. The van der Waals surface area contributed by atoms with E-state index in [-0.39, 0.29) is 5.92 Å². The van der Waals surface area contributed by atoms with Crippen LogP contribution in [0.1, 0.15) is 29.5 Å². The van der Waals surface area contributed by atoms with Gasteiger partial charge in [-0.25, -0.2) is 0 Å². The molecule has 5 heteroatoms. The largest absolute Gasteiger partial charge is 0.497 e. The van der Waals surface area contributed by atoms with Gasteiger partial charge in [0, 0.05) is 43.5 Å². The molecule has 1 fully saturated rings. The number of fused-ring (bicyclic) bond motifs is 1. The molecule has 4 rings (SSSR count). The van der Waals surface area contributed by atoms with Gasteiger partial charge in [0.1, 0.15) is 18.0 Å². The third-order valence-electron chi connectivity index (χ3n) is 6.42. The van der Waals surface area contributed by atoms with Crippen molar-refractivity contribution in [2.75, 3.05) is 33.9 Å². The van der Waals surface area contributed by atoms with Gasteiger partial charge in [0.25, 0.3) is 0 Å². The Morgan fingerprint density at radius 2 is 1.83 bits per heavy atom. The first-order chi connectivity index (χ1) is 14.2. The van der Waals surface area contributed by atoms with Gasteiger partial charge in [-0.2, -0.15) is 0 Å². The number of likely N-dealkylation sites (tertiary alicyclic amines) is 1. The van der Waals surface area contributed by atoms with Gasteiger partial charge in [-0.15, -0.1) is 0 Å². The van der Waals surface area contributed by atoms with Crippen molar-refractivity contribution in [1.82, 2.24) is 4.90 Å². The third-order valence-corrected chi connectivity index (χ3v) is 6.42. The second kappa shape index (κ2) is 8.87. The molecule has 29 heavy (non-hydrogen) atoms. The van der Waals surface area contributed by atoms with Crippen LogP contribution in [-0.4, -0.2) is 44.7 Å². The van der Waals surface area contributed by atoms with E-state index in [4.69, 9.17) is 9.47 Å². The fourth-order valence-electron chi connectivity index (χ4n) is 4.66. The van der Waals surface area contributed by atoms with Crippen LogP contribution in [0.15, 0.2) is 42.5 Å². The highest BCUT2D eigenvalue weighted by Crippen LogP contribution is 2.25. The number of benzene rings is 2. The Kier molecular flexibility index (Phi) is 6.05. The van der Waals surface area contributed by atoms with E-state index >= 15 is 0 Å².